The number of halogens is 1. The van der Waals surface area contributed by atoms with Gasteiger partial charge in [-0.1, -0.05) is 6.07 Å². The Labute approximate surface area is 116 Å². The van der Waals surface area contributed by atoms with Crippen LogP contribution in [0.3, 0.4) is 0 Å². The van der Waals surface area contributed by atoms with Crippen molar-refractivity contribution in [3.63, 3.8) is 0 Å². The molecule has 5 heteroatoms. The first-order valence-electron chi connectivity index (χ1n) is 6.08. The van der Waals surface area contributed by atoms with E-state index in [0.717, 1.165) is 35.2 Å². The summed E-state index contributed by atoms with van der Waals surface area (Å²) in [4.78, 5) is 14.0. The number of nitrogens with one attached hydrogen (secondary N) is 1. The van der Waals surface area contributed by atoms with E-state index in [2.05, 4.69) is 26.1 Å². The summed E-state index contributed by atoms with van der Waals surface area (Å²) in [6.45, 7) is 4.14. The lowest BCUT2D eigenvalue weighted by molar-refractivity contribution is -0.117. The number of hydrogen-bond donors (Lipinski definition) is 2. The number of amides is 1. The Morgan fingerprint density at radius 1 is 1.61 bits per heavy atom. The van der Waals surface area contributed by atoms with Crippen LogP contribution in [-0.4, -0.2) is 36.5 Å². The van der Waals surface area contributed by atoms with E-state index in [-0.39, 0.29) is 11.9 Å². The van der Waals surface area contributed by atoms with Crippen molar-refractivity contribution in [3.05, 3.63) is 28.2 Å². The summed E-state index contributed by atoms with van der Waals surface area (Å²) >= 11 is 3.45. The van der Waals surface area contributed by atoms with Crippen molar-refractivity contribution < 1.29 is 4.79 Å². The molecule has 0 unspecified atom stereocenters. The summed E-state index contributed by atoms with van der Waals surface area (Å²) in [5, 5.41) is 2.91. The molecular formula is C13H18BrN3O. The molecule has 4 nitrogen and oxygen atoms in total. The fourth-order valence-electron chi connectivity index (χ4n) is 2.12. The van der Waals surface area contributed by atoms with Crippen LogP contribution >= 0.6 is 15.9 Å². The van der Waals surface area contributed by atoms with Gasteiger partial charge in [-0.05, 0) is 47.0 Å². The Morgan fingerprint density at radius 2 is 2.39 bits per heavy atom. The first kappa shape index (κ1) is 13.5. The van der Waals surface area contributed by atoms with Gasteiger partial charge < -0.3 is 11.1 Å². The molecular weight excluding hydrogens is 294 g/mol. The van der Waals surface area contributed by atoms with Gasteiger partial charge in [-0.2, -0.15) is 0 Å². The fourth-order valence-corrected chi connectivity index (χ4v) is 2.71. The number of carbonyl (C=O) groups excluding carboxylic acids is 1. The zero-order valence-electron chi connectivity index (χ0n) is 10.4. The summed E-state index contributed by atoms with van der Waals surface area (Å²) in [6, 6.07) is 6.09. The summed E-state index contributed by atoms with van der Waals surface area (Å²) in [7, 11) is 0. The number of likely N-dealkylation sites (tertiary alicyclic amines) is 1. The van der Waals surface area contributed by atoms with Crippen molar-refractivity contribution in [2.24, 2.45) is 5.73 Å². The predicted octanol–water partition coefficient (Wildman–Crippen LogP) is 1.73. The summed E-state index contributed by atoms with van der Waals surface area (Å²) < 4.78 is 0.911. The minimum atomic E-state index is 0.00801. The van der Waals surface area contributed by atoms with E-state index < -0.39 is 0 Å². The van der Waals surface area contributed by atoms with E-state index in [9.17, 15) is 4.79 Å². The number of rotatable bonds is 3. The zero-order chi connectivity index (χ0) is 13.1. The Bertz CT molecular complexity index is 450. The highest BCUT2D eigenvalue weighted by Gasteiger charge is 2.21. The molecule has 1 aliphatic heterocycles. The van der Waals surface area contributed by atoms with E-state index in [4.69, 9.17) is 5.73 Å². The SMILES string of the molecule is Cc1ccc(NC(=O)CN2CC[C@@H](N)C2)c(Br)c1. The lowest BCUT2D eigenvalue weighted by Crippen LogP contribution is -2.33. The first-order valence-corrected chi connectivity index (χ1v) is 6.88. The fraction of sp³-hybridized carbons (Fsp3) is 0.462. The molecule has 0 aliphatic carbocycles. The van der Waals surface area contributed by atoms with Gasteiger partial charge >= 0.3 is 0 Å². The molecule has 1 heterocycles. The maximum Gasteiger partial charge on any atom is 0.238 e. The van der Waals surface area contributed by atoms with Crippen LogP contribution in [0.4, 0.5) is 5.69 Å². The van der Waals surface area contributed by atoms with Crippen LogP contribution in [0.25, 0.3) is 0 Å². The third-order valence-corrected chi connectivity index (χ3v) is 3.73. The Balaban J connectivity index is 1.91. The largest absolute Gasteiger partial charge is 0.326 e. The van der Waals surface area contributed by atoms with Gasteiger partial charge in [0.05, 0.1) is 12.2 Å². The van der Waals surface area contributed by atoms with Gasteiger partial charge in [0.2, 0.25) is 5.91 Å². The van der Waals surface area contributed by atoms with Gasteiger partial charge in [0, 0.05) is 23.6 Å². The first-order chi connectivity index (χ1) is 8.54. The average molecular weight is 312 g/mol. The molecule has 0 aromatic heterocycles. The minimum absolute atomic E-state index is 0.00801. The van der Waals surface area contributed by atoms with Crippen molar-refractivity contribution in [1.29, 1.82) is 0 Å². The van der Waals surface area contributed by atoms with Gasteiger partial charge in [0.25, 0.3) is 0 Å². The lowest BCUT2D eigenvalue weighted by atomic mass is 10.2. The number of nitrogens with two attached hydrogens (primary N) is 1. The van der Waals surface area contributed by atoms with Crippen LogP contribution in [0, 0.1) is 6.92 Å². The Kier molecular flexibility index (Phi) is 4.37. The molecule has 1 fully saturated rings. The van der Waals surface area contributed by atoms with E-state index >= 15 is 0 Å². The standard InChI is InChI=1S/C13H18BrN3O/c1-9-2-3-12(11(14)6-9)16-13(18)8-17-5-4-10(15)7-17/h2-3,6,10H,4-5,7-8,15H2,1H3,(H,16,18)/t10-/m1/s1. The van der Waals surface area contributed by atoms with Crippen molar-refractivity contribution in [1.82, 2.24) is 4.90 Å². The molecule has 0 saturated carbocycles. The molecule has 1 saturated heterocycles. The third-order valence-electron chi connectivity index (χ3n) is 3.07. The molecule has 18 heavy (non-hydrogen) atoms. The van der Waals surface area contributed by atoms with Gasteiger partial charge in [-0.15, -0.1) is 0 Å². The normalized spacial score (nSPS) is 20.1. The summed E-state index contributed by atoms with van der Waals surface area (Å²) in [5.74, 6) is 0.00801. The molecule has 2 rings (SSSR count). The third kappa shape index (κ3) is 3.54. The maximum absolute atomic E-state index is 11.9. The number of nitrogens with zero attached hydrogens (tertiary/aromatic N) is 1. The van der Waals surface area contributed by atoms with Gasteiger partial charge in [-0.3, -0.25) is 9.69 Å². The van der Waals surface area contributed by atoms with Gasteiger partial charge in [-0.25, -0.2) is 0 Å². The van der Waals surface area contributed by atoms with Crippen molar-refractivity contribution >= 4 is 27.5 Å². The topological polar surface area (TPSA) is 58.4 Å². The van der Waals surface area contributed by atoms with Crippen molar-refractivity contribution in [3.8, 4) is 0 Å². The van der Waals surface area contributed by atoms with Gasteiger partial charge in [0.1, 0.15) is 0 Å². The second kappa shape index (κ2) is 5.82. The molecule has 1 aromatic rings. The molecule has 3 N–H and O–H groups in total. The van der Waals surface area contributed by atoms with Crippen LogP contribution in [0.1, 0.15) is 12.0 Å². The minimum Gasteiger partial charge on any atom is -0.326 e. The lowest BCUT2D eigenvalue weighted by Gasteiger charge is -2.15. The molecule has 0 spiro atoms. The number of carbonyl (C=O) groups is 1. The van der Waals surface area contributed by atoms with Crippen LogP contribution in [0.2, 0.25) is 0 Å². The Hall–Kier alpha value is -0.910. The van der Waals surface area contributed by atoms with E-state index in [0.29, 0.717) is 6.54 Å². The quantitative estimate of drug-likeness (QED) is 0.894. The monoisotopic (exact) mass is 311 g/mol. The number of anilines is 1. The molecule has 1 atom stereocenters. The predicted molar refractivity (Wildman–Crippen MR) is 76.5 cm³/mol. The number of aryl methyl sites for hydroxylation is 1. The van der Waals surface area contributed by atoms with Crippen molar-refractivity contribution in [2.75, 3.05) is 25.0 Å². The molecule has 1 aliphatic rings. The molecule has 0 radical (unpaired) electrons. The van der Waals surface area contributed by atoms with Crippen molar-refractivity contribution in [2.45, 2.75) is 19.4 Å². The highest BCUT2D eigenvalue weighted by Crippen LogP contribution is 2.23. The molecule has 1 amide bonds. The highest BCUT2D eigenvalue weighted by atomic mass is 79.9. The van der Waals surface area contributed by atoms with E-state index in [1.165, 1.54) is 0 Å². The zero-order valence-corrected chi connectivity index (χ0v) is 12.0. The second-order valence-electron chi connectivity index (χ2n) is 4.82. The second-order valence-corrected chi connectivity index (χ2v) is 5.67. The number of hydrogen-bond acceptors (Lipinski definition) is 3. The highest BCUT2D eigenvalue weighted by molar-refractivity contribution is 9.10. The maximum atomic E-state index is 11.9. The van der Waals surface area contributed by atoms with Gasteiger partial charge in [0.15, 0.2) is 0 Å². The van der Waals surface area contributed by atoms with Crippen LogP contribution < -0.4 is 11.1 Å². The van der Waals surface area contributed by atoms with E-state index in [1.54, 1.807) is 0 Å². The summed E-state index contributed by atoms with van der Waals surface area (Å²) in [6.07, 6.45) is 0.974. The Morgan fingerprint density at radius 3 is 3.00 bits per heavy atom. The molecule has 1 aromatic carbocycles. The van der Waals surface area contributed by atoms with Crippen LogP contribution in [0.5, 0.6) is 0 Å². The van der Waals surface area contributed by atoms with Crippen LogP contribution in [0.15, 0.2) is 22.7 Å². The average Bonchev–Trinajstić information content (AvgIpc) is 2.68. The van der Waals surface area contributed by atoms with Crippen LogP contribution in [-0.2, 0) is 4.79 Å². The number of benzene rings is 1. The molecule has 0 bridgehead atoms. The molecule has 98 valence electrons. The summed E-state index contributed by atoms with van der Waals surface area (Å²) in [5.41, 5.74) is 7.79. The van der Waals surface area contributed by atoms with E-state index in [1.807, 2.05) is 25.1 Å². The smallest absolute Gasteiger partial charge is 0.238 e.